The summed E-state index contributed by atoms with van der Waals surface area (Å²) in [5.74, 6) is -1.15. The number of nitrogens with zero attached hydrogens (tertiary/aromatic N) is 2. The fourth-order valence-corrected chi connectivity index (χ4v) is 2.13. The van der Waals surface area contributed by atoms with Crippen molar-refractivity contribution in [1.82, 2.24) is 9.88 Å². The van der Waals surface area contributed by atoms with Crippen molar-refractivity contribution in [3.63, 3.8) is 0 Å². The van der Waals surface area contributed by atoms with Crippen LogP contribution in [0.25, 0.3) is 0 Å². The van der Waals surface area contributed by atoms with Crippen molar-refractivity contribution in [2.75, 3.05) is 18.9 Å². The van der Waals surface area contributed by atoms with E-state index in [-0.39, 0.29) is 12.2 Å². The lowest BCUT2D eigenvalue weighted by Gasteiger charge is -2.16. The molecular weight excluding hydrogens is 359 g/mol. The van der Waals surface area contributed by atoms with Crippen LogP contribution in [0.3, 0.4) is 0 Å². The van der Waals surface area contributed by atoms with Crippen LogP contribution < -0.4 is 5.32 Å². The Morgan fingerprint density at radius 2 is 1.96 bits per heavy atom. The molecule has 0 aliphatic carbocycles. The van der Waals surface area contributed by atoms with Crippen molar-refractivity contribution >= 4 is 29.1 Å². The first kappa shape index (κ1) is 18.7. The molecule has 0 atom stereocenters. The van der Waals surface area contributed by atoms with Gasteiger partial charge in [-0.3, -0.25) is 14.6 Å². The Bertz CT molecular complexity index is 779. The lowest BCUT2D eigenvalue weighted by atomic mass is 10.2. The van der Waals surface area contributed by atoms with E-state index in [0.717, 1.165) is 17.0 Å². The number of benzene rings is 1. The van der Waals surface area contributed by atoms with Gasteiger partial charge in [-0.05, 0) is 30.3 Å². The maximum Gasteiger partial charge on any atom is 0.417 e. The van der Waals surface area contributed by atoms with E-state index in [0.29, 0.717) is 16.9 Å². The molecule has 2 aromatic rings. The van der Waals surface area contributed by atoms with Crippen LogP contribution in [0.5, 0.6) is 0 Å². The number of amides is 2. The minimum absolute atomic E-state index is 0.189. The third kappa shape index (κ3) is 5.18. The minimum Gasteiger partial charge on any atom is -0.331 e. The van der Waals surface area contributed by atoms with Gasteiger partial charge >= 0.3 is 6.18 Å². The first-order valence-electron chi connectivity index (χ1n) is 7.01. The normalized spacial score (nSPS) is 11.1. The van der Waals surface area contributed by atoms with Crippen LogP contribution in [0.4, 0.5) is 18.9 Å². The molecular formula is C16H13ClF3N3O2. The van der Waals surface area contributed by atoms with Crippen LogP contribution in [0.2, 0.25) is 5.02 Å². The number of likely N-dealkylation sites (N-methyl/N-ethyl adjacent to an activating group) is 1. The van der Waals surface area contributed by atoms with Gasteiger partial charge in [0.2, 0.25) is 5.91 Å². The number of halogens is 4. The first-order valence-corrected chi connectivity index (χ1v) is 7.39. The molecule has 1 N–H and O–H groups in total. The molecule has 0 spiro atoms. The third-order valence-corrected chi connectivity index (χ3v) is 3.38. The highest BCUT2D eigenvalue weighted by Gasteiger charge is 2.31. The fourth-order valence-electron chi connectivity index (χ4n) is 1.94. The standard InChI is InChI=1S/C16H13ClF3N3O2/c1-23(9-14(24)22-12-4-2-3-11(17)7-12)15(25)13-6-5-10(8-21-13)16(18,19)20/h2-8H,9H2,1H3,(H,22,24). The second-order valence-electron chi connectivity index (χ2n) is 5.15. The topological polar surface area (TPSA) is 62.3 Å². The van der Waals surface area contributed by atoms with E-state index in [1.165, 1.54) is 7.05 Å². The second kappa shape index (κ2) is 7.52. The van der Waals surface area contributed by atoms with Gasteiger partial charge in [0, 0.05) is 24.0 Å². The van der Waals surface area contributed by atoms with Gasteiger partial charge in [0.1, 0.15) is 5.69 Å². The molecule has 1 heterocycles. The number of carbonyl (C=O) groups is 2. The van der Waals surface area contributed by atoms with Crippen molar-refractivity contribution in [2.24, 2.45) is 0 Å². The zero-order valence-electron chi connectivity index (χ0n) is 13.0. The van der Waals surface area contributed by atoms with Crippen molar-refractivity contribution in [1.29, 1.82) is 0 Å². The zero-order valence-corrected chi connectivity index (χ0v) is 13.7. The molecule has 1 aromatic carbocycles. The monoisotopic (exact) mass is 371 g/mol. The predicted molar refractivity (Wildman–Crippen MR) is 86.3 cm³/mol. The Morgan fingerprint density at radius 1 is 1.24 bits per heavy atom. The second-order valence-corrected chi connectivity index (χ2v) is 5.59. The maximum atomic E-state index is 12.5. The predicted octanol–water partition coefficient (Wildman–Crippen LogP) is 3.46. The van der Waals surface area contributed by atoms with Gasteiger partial charge in [0.15, 0.2) is 0 Å². The van der Waals surface area contributed by atoms with Gasteiger partial charge in [-0.2, -0.15) is 13.2 Å². The molecule has 0 aliphatic rings. The molecule has 0 saturated heterocycles. The summed E-state index contributed by atoms with van der Waals surface area (Å²) < 4.78 is 37.5. The van der Waals surface area contributed by atoms with Crippen molar-refractivity contribution in [3.05, 3.63) is 58.9 Å². The summed E-state index contributed by atoms with van der Waals surface area (Å²) in [6, 6.07) is 8.19. The Morgan fingerprint density at radius 3 is 2.52 bits per heavy atom. The van der Waals surface area contributed by atoms with Crippen molar-refractivity contribution < 1.29 is 22.8 Å². The highest BCUT2D eigenvalue weighted by molar-refractivity contribution is 6.30. The van der Waals surface area contributed by atoms with Gasteiger partial charge in [-0.1, -0.05) is 17.7 Å². The molecule has 9 heteroatoms. The Balaban J connectivity index is 1.98. The molecule has 0 aliphatic heterocycles. The van der Waals surface area contributed by atoms with Gasteiger partial charge in [0.25, 0.3) is 5.91 Å². The molecule has 25 heavy (non-hydrogen) atoms. The number of pyridine rings is 1. The summed E-state index contributed by atoms with van der Waals surface area (Å²) in [4.78, 5) is 28.6. The summed E-state index contributed by atoms with van der Waals surface area (Å²) in [6.45, 7) is -0.298. The van der Waals surface area contributed by atoms with Gasteiger partial charge < -0.3 is 10.2 Å². The van der Waals surface area contributed by atoms with Crippen LogP contribution >= 0.6 is 11.6 Å². The van der Waals surface area contributed by atoms with Crippen LogP contribution in [0, 0.1) is 0 Å². The third-order valence-electron chi connectivity index (χ3n) is 3.15. The van der Waals surface area contributed by atoms with Crippen molar-refractivity contribution in [2.45, 2.75) is 6.18 Å². The Labute approximate surface area is 146 Å². The smallest absolute Gasteiger partial charge is 0.331 e. The summed E-state index contributed by atoms with van der Waals surface area (Å²) >= 11 is 5.81. The molecule has 2 rings (SSSR count). The summed E-state index contributed by atoms with van der Waals surface area (Å²) in [5, 5.41) is 3.00. The van der Waals surface area contributed by atoms with Crippen LogP contribution in [-0.4, -0.2) is 35.3 Å². The lowest BCUT2D eigenvalue weighted by molar-refractivity contribution is -0.137. The van der Waals surface area contributed by atoms with Crippen molar-refractivity contribution in [3.8, 4) is 0 Å². The number of nitrogens with one attached hydrogen (secondary N) is 1. The first-order chi connectivity index (χ1) is 11.7. The average Bonchev–Trinajstić information content (AvgIpc) is 2.53. The Hall–Kier alpha value is -2.61. The van der Waals surface area contributed by atoms with Crippen LogP contribution in [0.1, 0.15) is 16.1 Å². The summed E-state index contributed by atoms with van der Waals surface area (Å²) in [5.41, 5.74) is -0.678. The Kier molecular flexibility index (Phi) is 5.63. The van der Waals surface area contributed by atoms with Gasteiger partial charge in [0.05, 0.1) is 12.1 Å². The largest absolute Gasteiger partial charge is 0.417 e. The number of aromatic nitrogens is 1. The summed E-state index contributed by atoms with van der Waals surface area (Å²) in [6.07, 6.45) is -3.95. The molecule has 0 saturated carbocycles. The number of alkyl halides is 3. The number of rotatable bonds is 4. The van der Waals surface area contributed by atoms with E-state index < -0.39 is 23.6 Å². The SMILES string of the molecule is CN(CC(=O)Nc1cccc(Cl)c1)C(=O)c1ccc(C(F)(F)F)cn1. The number of carbonyl (C=O) groups excluding carboxylic acids is 2. The van der Waals surface area contributed by atoms with E-state index >= 15 is 0 Å². The molecule has 5 nitrogen and oxygen atoms in total. The molecule has 0 bridgehead atoms. The molecule has 132 valence electrons. The highest BCUT2D eigenvalue weighted by atomic mass is 35.5. The molecule has 2 amide bonds. The number of anilines is 1. The molecule has 0 fully saturated rings. The maximum absolute atomic E-state index is 12.5. The van der Waals surface area contributed by atoms with Crippen LogP contribution in [-0.2, 0) is 11.0 Å². The fraction of sp³-hybridized carbons (Fsp3) is 0.188. The summed E-state index contributed by atoms with van der Waals surface area (Å²) in [7, 11) is 1.35. The highest BCUT2D eigenvalue weighted by Crippen LogP contribution is 2.28. The number of hydrogen-bond acceptors (Lipinski definition) is 3. The van der Waals surface area contributed by atoms with E-state index in [2.05, 4.69) is 10.3 Å². The lowest BCUT2D eigenvalue weighted by Crippen LogP contribution is -2.35. The quantitative estimate of drug-likeness (QED) is 0.895. The van der Waals surface area contributed by atoms with Crippen LogP contribution in [0.15, 0.2) is 42.6 Å². The van der Waals surface area contributed by atoms with Gasteiger partial charge in [-0.25, -0.2) is 0 Å². The number of hydrogen-bond donors (Lipinski definition) is 1. The molecule has 0 radical (unpaired) electrons. The zero-order chi connectivity index (χ0) is 18.6. The van der Waals surface area contributed by atoms with E-state index in [9.17, 15) is 22.8 Å². The molecule has 0 unspecified atom stereocenters. The van der Waals surface area contributed by atoms with Gasteiger partial charge in [-0.15, -0.1) is 0 Å². The van der Waals surface area contributed by atoms with E-state index in [1.807, 2.05) is 0 Å². The van der Waals surface area contributed by atoms with E-state index in [1.54, 1.807) is 24.3 Å². The molecule has 1 aromatic heterocycles. The minimum atomic E-state index is -4.53. The van der Waals surface area contributed by atoms with E-state index in [4.69, 9.17) is 11.6 Å². The average molecular weight is 372 g/mol.